The molecule has 0 aromatic carbocycles. The summed E-state index contributed by atoms with van der Waals surface area (Å²) in [5.74, 6) is 0. The van der Waals surface area contributed by atoms with Crippen LogP contribution in [0.4, 0.5) is 13.2 Å². The van der Waals surface area contributed by atoms with Crippen LogP contribution >= 0.6 is 0 Å². The molecule has 7 heteroatoms. The van der Waals surface area contributed by atoms with E-state index in [4.69, 9.17) is 4.74 Å². The maximum absolute atomic E-state index is 12.5. The summed E-state index contributed by atoms with van der Waals surface area (Å²) in [5, 5.41) is 14.0. The molecule has 2 bridgehead atoms. The third-order valence-electron chi connectivity index (χ3n) is 3.85. The van der Waals surface area contributed by atoms with E-state index in [1.165, 1.54) is 6.07 Å². The van der Waals surface area contributed by atoms with Crippen LogP contribution in [0, 0.1) is 0 Å². The Kier molecular flexibility index (Phi) is 3.23. The number of nitrogens with zero attached hydrogens (tertiary/aromatic N) is 1. The Hall–Kier alpha value is -1.18. The van der Waals surface area contributed by atoms with E-state index in [1.807, 2.05) is 0 Å². The maximum Gasteiger partial charge on any atom is 0.417 e. The summed E-state index contributed by atoms with van der Waals surface area (Å²) in [6.45, 7) is 0.999. The number of fused-ring (bicyclic) bond motifs is 2. The predicted octanol–water partition coefficient (Wildman–Crippen LogP) is 1.44. The number of alkyl halides is 3. The van der Waals surface area contributed by atoms with E-state index in [2.05, 4.69) is 10.3 Å². The standard InChI is InChI=1S/C13H15F3N2O2/c14-13(15,16)8-1-2-11(17-5-8)12(19)3-9-6-20-7-10(4-12)18-9/h1-2,5,9-10,18-19H,3-4,6-7H2. The van der Waals surface area contributed by atoms with Gasteiger partial charge in [-0.15, -0.1) is 0 Å². The molecule has 0 saturated carbocycles. The van der Waals surface area contributed by atoms with Gasteiger partial charge in [0.1, 0.15) is 5.60 Å². The lowest BCUT2D eigenvalue weighted by Gasteiger charge is -2.44. The van der Waals surface area contributed by atoms with Gasteiger partial charge in [-0.2, -0.15) is 13.2 Å². The second-order valence-electron chi connectivity index (χ2n) is 5.47. The second kappa shape index (κ2) is 4.68. The van der Waals surface area contributed by atoms with Crippen LogP contribution in [0.3, 0.4) is 0 Å². The zero-order valence-electron chi connectivity index (χ0n) is 10.7. The number of aliphatic hydroxyl groups is 1. The smallest absolute Gasteiger partial charge is 0.383 e. The first kappa shape index (κ1) is 13.8. The molecule has 2 aliphatic rings. The fourth-order valence-electron chi connectivity index (χ4n) is 2.96. The molecule has 0 radical (unpaired) electrons. The molecule has 1 aromatic rings. The molecule has 3 heterocycles. The van der Waals surface area contributed by atoms with Crippen molar-refractivity contribution in [2.45, 2.75) is 36.7 Å². The van der Waals surface area contributed by atoms with E-state index in [0.29, 0.717) is 31.7 Å². The summed E-state index contributed by atoms with van der Waals surface area (Å²) < 4.78 is 42.9. The predicted molar refractivity (Wildman–Crippen MR) is 63.9 cm³/mol. The molecular formula is C13H15F3N2O2. The van der Waals surface area contributed by atoms with Crippen molar-refractivity contribution >= 4 is 0 Å². The number of nitrogens with one attached hydrogen (secondary N) is 1. The van der Waals surface area contributed by atoms with E-state index >= 15 is 0 Å². The SMILES string of the molecule is OC1(c2ccc(C(F)(F)F)cn2)CC2COCC(C1)N2. The number of ether oxygens (including phenoxy) is 1. The summed E-state index contributed by atoms with van der Waals surface area (Å²) in [6, 6.07) is 2.26. The van der Waals surface area contributed by atoms with Crippen LogP contribution in [-0.2, 0) is 16.5 Å². The van der Waals surface area contributed by atoms with E-state index < -0.39 is 17.3 Å². The molecule has 110 valence electrons. The van der Waals surface area contributed by atoms with Crippen LogP contribution in [0.15, 0.2) is 18.3 Å². The minimum absolute atomic E-state index is 0.0107. The van der Waals surface area contributed by atoms with Gasteiger partial charge >= 0.3 is 6.18 Å². The Labute approximate surface area is 114 Å². The molecule has 2 saturated heterocycles. The molecular weight excluding hydrogens is 273 g/mol. The van der Waals surface area contributed by atoms with Crippen LogP contribution < -0.4 is 5.32 Å². The molecule has 2 unspecified atom stereocenters. The lowest BCUT2D eigenvalue weighted by atomic mass is 9.80. The van der Waals surface area contributed by atoms with Gasteiger partial charge < -0.3 is 15.2 Å². The Balaban J connectivity index is 1.84. The number of hydrogen-bond donors (Lipinski definition) is 2. The largest absolute Gasteiger partial charge is 0.417 e. The highest BCUT2D eigenvalue weighted by Crippen LogP contribution is 2.36. The summed E-state index contributed by atoms with van der Waals surface area (Å²) in [5.41, 5.74) is -1.69. The Morgan fingerprint density at radius 2 is 1.90 bits per heavy atom. The number of aromatic nitrogens is 1. The topological polar surface area (TPSA) is 54.4 Å². The summed E-state index contributed by atoms with van der Waals surface area (Å²) in [7, 11) is 0. The van der Waals surface area contributed by atoms with E-state index in [0.717, 1.165) is 12.3 Å². The quantitative estimate of drug-likeness (QED) is 0.821. The van der Waals surface area contributed by atoms with Crippen LogP contribution in [0.25, 0.3) is 0 Å². The molecule has 1 aromatic heterocycles. The summed E-state index contributed by atoms with van der Waals surface area (Å²) in [6.07, 6.45) is -2.85. The summed E-state index contributed by atoms with van der Waals surface area (Å²) >= 11 is 0. The molecule has 4 nitrogen and oxygen atoms in total. The number of piperidine rings is 1. The van der Waals surface area contributed by atoms with Gasteiger partial charge in [0.25, 0.3) is 0 Å². The molecule has 2 fully saturated rings. The zero-order chi connectivity index (χ0) is 14.4. The molecule has 2 atom stereocenters. The number of morpholine rings is 1. The van der Waals surface area contributed by atoms with Gasteiger partial charge in [0.15, 0.2) is 0 Å². The lowest BCUT2D eigenvalue weighted by Crippen LogP contribution is -2.58. The van der Waals surface area contributed by atoms with Gasteiger partial charge in [0.2, 0.25) is 0 Å². The molecule has 0 amide bonds. The number of halogens is 3. The first-order valence-electron chi connectivity index (χ1n) is 6.47. The Morgan fingerprint density at radius 1 is 1.25 bits per heavy atom. The Bertz CT molecular complexity index is 477. The molecule has 2 N–H and O–H groups in total. The zero-order valence-corrected chi connectivity index (χ0v) is 10.7. The highest BCUT2D eigenvalue weighted by Gasteiger charge is 2.43. The highest BCUT2D eigenvalue weighted by molar-refractivity contribution is 5.22. The van der Waals surface area contributed by atoms with Crippen LogP contribution in [0.2, 0.25) is 0 Å². The van der Waals surface area contributed by atoms with Gasteiger partial charge in [-0.3, -0.25) is 4.98 Å². The summed E-state index contributed by atoms with van der Waals surface area (Å²) in [4.78, 5) is 3.83. The highest BCUT2D eigenvalue weighted by atomic mass is 19.4. The fraction of sp³-hybridized carbons (Fsp3) is 0.615. The average molecular weight is 288 g/mol. The van der Waals surface area contributed by atoms with Crippen molar-refractivity contribution in [3.63, 3.8) is 0 Å². The number of hydrogen-bond acceptors (Lipinski definition) is 4. The third-order valence-corrected chi connectivity index (χ3v) is 3.85. The van der Waals surface area contributed by atoms with E-state index in [-0.39, 0.29) is 12.1 Å². The minimum Gasteiger partial charge on any atom is -0.383 e. The first-order chi connectivity index (χ1) is 9.37. The van der Waals surface area contributed by atoms with Gasteiger partial charge in [-0.05, 0) is 25.0 Å². The molecule has 20 heavy (non-hydrogen) atoms. The van der Waals surface area contributed by atoms with Crippen LogP contribution in [0.1, 0.15) is 24.1 Å². The van der Waals surface area contributed by atoms with Crippen molar-refractivity contribution in [1.82, 2.24) is 10.3 Å². The van der Waals surface area contributed by atoms with Crippen molar-refractivity contribution < 1.29 is 23.0 Å². The normalized spacial score (nSPS) is 34.0. The number of rotatable bonds is 1. The van der Waals surface area contributed by atoms with Crippen LogP contribution in [-0.4, -0.2) is 35.4 Å². The van der Waals surface area contributed by atoms with Gasteiger partial charge in [-0.1, -0.05) is 0 Å². The van der Waals surface area contributed by atoms with Gasteiger partial charge in [0.05, 0.1) is 24.5 Å². The van der Waals surface area contributed by atoms with Crippen molar-refractivity contribution in [3.05, 3.63) is 29.6 Å². The van der Waals surface area contributed by atoms with Crippen molar-refractivity contribution in [1.29, 1.82) is 0 Å². The van der Waals surface area contributed by atoms with Gasteiger partial charge in [0, 0.05) is 18.3 Å². The average Bonchev–Trinajstić information content (AvgIpc) is 2.37. The van der Waals surface area contributed by atoms with Gasteiger partial charge in [-0.25, -0.2) is 0 Å². The fourth-order valence-corrected chi connectivity index (χ4v) is 2.96. The molecule has 3 rings (SSSR count). The monoisotopic (exact) mass is 288 g/mol. The third kappa shape index (κ3) is 2.53. The van der Waals surface area contributed by atoms with Crippen molar-refractivity contribution in [2.24, 2.45) is 0 Å². The lowest BCUT2D eigenvalue weighted by molar-refractivity contribution is -0.138. The second-order valence-corrected chi connectivity index (χ2v) is 5.47. The van der Waals surface area contributed by atoms with Crippen molar-refractivity contribution in [3.8, 4) is 0 Å². The van der Waals surface area contributed by atoms with E-state index in [9.17, 15) is 18.3 Å². The van der Waals surface area contributed by atoms with Crippen LogP contribution in [0.5, 0.6) is 0 Å². The molecule has 0 spiro atoms. The maximum atomic E-state index is 12.5. The van der Waals surface area contributed by atoms with E-state index in [1.54, 1.807) is 0 Å². The van der Waals surface area contributed by atoms with Crippen molar-refractivity contribution in [2.75, 3.05) is 13.2 Å². The molecule has 0 aliphatic carbocycles. The minimum atomic E-state index is -4.41. The number of pyridine rings is 1. The molecule has 2 aliphatic heterocycles. The first-order valence-corrected chi connectivity index (χ1v) is 6.47. The Morgan fingerprint density at radius 3 is 2.40 bits per heavy atom.